The Hall–Kier alpha value is -0.0800. The molecule has 0 aromatic heterocycles. The molecule has 3 unspecified atom stereocenters. The van der Waals surface area contributed by atoms with E-state index in [4.69, 9.17) is 0 Å². The van der Waals surface area contributed by atoms with E-state index in [-0.39, 0.29) is 0 Å². The van der Waals surface area contributed by atoms with E-state index in [1.165, 1.54) is 58.2 Å². The molecule has 0 heterocycles. The van der Waals surface area contributed by atoms with Crippen LogP contribution in [0.4, 0.5) is 0 Å². The minimum atomic E-state index is 0.770. The molecule has 0 radical (unpaired) electrons. The Morgan fingerprint density at radius 3 is 2.45 bits per heavy atom. The topological polar surface area (TPSA) is 15.3 Å². The predicted molar refractivity (Wildman–Crippen MR) is 88.0 cm³/mol. The summed E-state index contributed by atoms with van der Waals surface area (Å²) < 4.78 is 0. The number of rotatable bonds is 8. The van der Waals surface area contributed by atoms with Crippen molar-refractivity contribution in [1.82, 2.24) is 10.2 Å². The third kappa shape index (κ3) is 5.04. The van der Waals surface area contributed by atoms with Crippen molar-refractivity contribution in [2.75, 3.05) is 26.7 Å². The highest BCUT2D eigenvalue weighted by atomic mass is 15.1. The van der Waals surface area contributed by atoms with Gasteiger partial charge in [0.1, 0.15) is 0 Å². The van der Waals surface area contributed by atoms with Crippen molar-refractivity contribution in [2.45, 2.75) is 65.3 Å². The summed E-state index contributed by atoms with van der Waals surface area (Å²) in [6.07, 6.45) is 8.47. The molecule has 0 aromatic carbocycles. The zero-order valence-corrected chi connectivity index (χ0v) is 14.2. The maximum Gasteiger partial charge on any atom is 0.0108 e. The second-order valence-electron chi connectivity index (χ2n) is 7.80. The van der Waals surface area contributed by atoms with Crippen LogP contribution in [0.25, 0.3) is 0 Å². The molecule has 2 rings (SSSR count). The van der Waals surface area contributed by atoms with Crippen molar-refractivity contribution in [1.29, 1.82) is 0 Å². The van der Waals surface area contributed by atoms with E-state index in [1.54, 1.807) is 0 Å². The smallest absolute Gasteiger partial charge is 0.0108 e. The summed E-state index contributed by atoms with van der Waals surface area (Å²) in [5.41, 5.74) is 0. The highest BCUT2D eigenvalue weighted by Gasteiger charge is 2.33. The van der Waals surface area contributed by atoms with Crippen molar-refractivity contribution in [3.8, 4) is 0 Å². The second-order valence-corrected chi connectivity index (χ2v) is 7.80. The first kappa shape index (κ1) is 16.3. The molecular formula is C18H36N2. The maximum absolute atomic E-state index is 3.83. The summed E-state index contributed by atoms with van der Waals surface area (Å²) in [6.45, 7) is 10.9. The summed E-state index contributed by atoms with van der Waals surface area (Å²) in [5, 5.41) is 3.83. The lowest BCUT2D eigenvalue weighted by Crippen LogP contribution is -2.46. The molecule has 20 heavy (non-hydrogen) atoms. The normalized spacial score (nSPS) is 31.2. The molecule has 1 N–H and O–H groups in total. The van der Waals surface area contributed by atoms with Gasteiger partial charge in [0.2, 0.25) is 0 Å². The lowest BCUT2D eigenvalue weighted by Gasteiger charge is -2.40. The van der Waals surface area contributed by atoms with Gasteiger partial charge in [-0.05, 0) is 75.8 Å². The summed E-state index contributed by atoms with van der Waals surface area (Å²) in [4.78, 5) is 2.62. The fraction of sp³-hybridized carbons (Fsp3) is 1.00. The van der Waals surface area contributed by atoms with E-state index in [0.29, 0.717) is 0 Å². The van der Waals surface area contributed by atoms with Crippen LogP contribution in [0, 0.1) is 23.7 Å². The molecule has 2 saturated carbocycles. The van der Waals surface area contributed by atoms with Crippen LogP contribution >= 0.6 is 0 Å². The van der Waals surface area contributed by atoms with Gasteiger partial charge in [-0.2, -0.15) is 0 Å². The molecule has 2 heteroatoms. The van der Waals surface area contributed by atoms with Gasteiger partial charge < -0.3 is 10.2 Å². The Bertz CT molecular complexity index is 273. The fourth-order valence-electron chi connectivity index (χ4n) is 3.92. The highest BCUT2D eigenvalue weighted by Crippen LogP contribution is 2.35. The fourth-order valence-corrected chi connectivity index (χ4v) is 3.92. The van der Waals surface area contributed by atoms with Crippen LogP contribution in [0.3, 0.4) is 0 Å². The van der Waals surface area contributed by atoms with Gasteiger partial charge >= 0.3 is 0 Å². The van der Waals surface area contributed by atoms with E-state index in [0.717, 1.165) is 29.7 Å². The third-order valence-corrected chi connectivity index (χ3v) is 5.44. The van der Waals surface area contributed by atoms with Gasteiger partial charge in [-0.3, -0.25) is 0 Å². The number of nitrogens with zero attached hydrogens (tertiary/aromatic N) is 1. The number of hydrogen-bond acceptors (Lipinski definition) is 2. The largest absolute Gasteiger partial charge is 0.314 e. The Morgan fingerprint density at radius 1 is 1.10 bits per heavy atom. The lowest BCUT2D eigenvalue weighted by atomic mass is 9.73. The quantitative estimate of drug-likeness (QED) is 0.728. The summed E-state index contributed by atoms with van der Waals surface area (Å²) in [6, 6.07) is 0.770. The number of nitrogens with one attached hydrogen (secondary N) is 1. The molecule has 3 atom stereocenters. The van der Waals surface area contributed by atoms with Crippen molar-refractivity contribution < 1.29 is 0 Å². The highest BCUT2D eigenvalue weighted by molar-refractivity contribution is 4.88. The zero-order chi connectivity index (χ0) is 14.5. The number of hydrogen-bond donors (Lipinski definition) is 1. The summed E-state index contributed by atoms with van der Waals surface area (Å²) in [7, 11) is 2.34. The first-order valence-electron chi connectivity index (χ1n) is 9.02. The predicted octanol–water partition coefficient (Wildman–Crippen LogP) is 3.77. The molecule has 0 amide bonds. The third-order valence-electron chi connectivity index (χ3n) is 5.44. The standard InChI is InChI=1S/C18H36N2/c1-5-10-19-18-9-8-16(14(2)3)11-17(18)13-20(4)12-15-6-7-15/h14-19H,5-13H2,1-4H3. The van der Waals surface area contributed by atoms with Crippen LogP contribution < -0.4 is 5.32 Å². The van der Waals surface area contributed by atoms with E-state index in [1.807, 2.05) is 0 Å². The van der Waals surface area contributed by atoms with E-state index < -0.39 is 0 Å². The Morgan fingerprint density at radius 2 is 1.85 bits per heavy atom. The summed E-state index contributed by atoms with van der Waals surface area (Å²) in [5.74, 6) is 3.70. The molecule has 2 nitrogen and oxygen atoms in total. The van der Waals surface area contributed by atoms with Gasteiger partial charge in [-0.25, -0.2) is 0 Å². The molecule has 0 aliphatic heterocycles. The molecule has 2 aliphatic carbocycles. The van der Waals surface area contributed by atoms with Crippen LogP contribution in [0.2, 0.25) is 0 Å². The minimum absolute atomic E-state index is 0.770. The first-order valence-corrected chi connectivity index (χ1v) is 9.02. The van der Waals surface area contributed by atoms with Gasteiger partial charge in [-0.15, -0.1) is 0 Å². The van der Waals surface area contributed by atoms with E-state index in [9.17, 15) is 0 Å². The van der Waals surface area contributed by atoms with Crippen molar-refractivity contribution in [2.24, 2.45) is 23.7 Å². The molecule has 0 spiro atoms. The monoisotopic (exact) mass is 280 g/mol. The Labute approximate surface area is 126 Å². The van der Waals surface area contributed by atoms with Crippen LogP contribution in [0.1, 0.15) is 59.3 Å². The van der Waals surface area contributed by atoms with Crippen LogP contribution in [-0.2, 0) is 0 Å². The molecule has 2 aliphatic rings. The van der Waals surface area contributed by atoms with Gasteiger partial charge in [0.05, 0.1) is 0 Å². The van der Waals surface area contributed by atoms with Crippen LogP contribution in [-0.4, -0.2) is 37.6 Å². The second kappa shape index (κ2) is 7.79. The molecule has 0 aromatic rings. The molecule has 118 valence electrons. The van der Waals surface area contributed by atoms with E-state index in [2.05, 4.69) is 38.0 Å². The van der Waals surface area contributed by atoms with Gasteiger partial charge in [-0.1, -0.05) is 20.8 Å². The van der Waals surface area contributed by atoms with Crippen molar-refractivity contribution in [3.63, 3.8) is 0 Å². The van der Waals surface area contributed by atoms with E-state index >= 15 is 0 Å². The molecule has 0 bridgehead atoms. The minimum Gasteiger partial charge on any atom is -0.314 e. The van der Waals surface area contributed by atoms with Crippen molar-refractivity contribution >= 4 is 0 Å². The lowest BCUT2D eigenvalue weighted by molar-refractivity contribution is 0.130. The Kier molecular flexibility index (Phi) is 6.35. The first-order chi connectivity index (χ1) is 9.60. The average Bonchev–Trinajstić information content (AvgIpc) is 3.20. The molecule has 2 fully saturated rings. The SMILES string of the molecule is CCCNC1CCC(C(C)C)CC1CN(C)CC1CC1. The zero-order valence-electron chi connectivity index (χ0n) is 14.2. The molecule has 0 saturated heterocycles. The van der Waals surface area contributed by atoms with Gasteiger partial charge in [0.25, 0.3) is 0 Å². The molecular weight excluding hydrogens is 244 g/mol. The maximum atomic E-state index is 3.83. The van der Waals surface area contributed by atoms with Gasteiger partial charge in [0, 0.05) is 19.1 Å². The summed E-state index contributed by atoms with van der Waals surface area (Å²) >= 11 is 0. The van der Waals surface area contributed by atoms with Gasteiger partial charge in [0.15, 0.2) is 0 Å². The van der Waals surface area contributed by atoms with Crippen LogP contribution in [0.15, 0.2) is 0 Å². The average molecular weight is 280 g/mol. The van der Waals surface area contributed by atoms with Crippen molar-refractivity contribution in [3.05, 3.63) is 0 Å². The Balaban J connectivity index is 1.85. The van der Waals surface area contributed by atoms with Crippen LogP contribution in [0.5, 0.6) is 0 Å².